The van der Waals surface area contributed by atoms with Crippen LogP contribution in [0.3, 0.4) is 0 Å². The molecule has 39 heavy (non-hydrogen) atoms. The first-order valence-corrected chi connectivity index (χ1v) is 14.5. The van der Waals surface area contributed by atoms with Gasteiger partial charge < -0.3 is 16.0 Å². The molecular weight excluding hydrogens is 530 g/mol. The molecule has 0 fully saturated rings. The monoisotopic (exact) mass is 563 g/mol. The third-order valence-electron chi connectivity index (χ3n) is 7.26. The molecule has 0 bridgehead atoms. The van der Waals surface area contributed by atoms with E-state index in [1.54, 1.807) is 11.3 Å². The van der Waals surface area contributed by atoms with Crippen LogP contribution in [-0.2, 0) is 17.6 Å². The number of H-pyrrole nitrogens is 1. The number of hydrogen-bond acceptors (Lipinski definition) is 6. The van der Waals surface area contributed by atoms with Crippen molar-refractivity contribution in [1.82, 2.24) is 25.1 Å². The van der Waals surface area contributed by atoms with Gasteiger partial charge in [0.25, 0.3) is 0 Å². The number of carbonyl (C=O) groups is 1. The van der Waals surface area contributed by atoms with Crippen molar-refractivity contribution < 1.29 is 4.79 Å². The Morgan fingerprint density at radius 1 is 1.10 bits per heavy atom. The summed E-state index contributed by atoms with van der Waals surface area (Å²) in [6.07, 6.45) is 7.98. The van der Waals surface area contributed by atoms with E-state index in [9.17, 15) is 4.79 Å². The van der Waals surface area contributed by atoms with Crippen molar-refractivity contribution in [3.05, 3.63) is 86.0 Å². The number of carbonyl (C=O) groups excluding carboxylic acids is 1. The van der Waals surface area contributed by atoms with Crippen LogP contribution in [0.4, 0.5) is 0 Å². The number of fused-ring (bicyclic) bond motifs is 3. The number of aliphatic imine (C=N–C) groups is 1. The summed E-state index contributed by atoms with van der Waals surface area (Å²) in [5, 5.41) is 13.7. The Bertz CT molecular complexity index is 1500. The molecule has 204 valence electrons. The van der Waals surface area contributed by atoms with Crippen LogP contribution in [0.15, 0.2) is 41.7 Å². The first-order chi connectivity index (χ1) is 18.9. The SMILES string of the molecule is Cc1sc2c(c1C)C(c1ccc(Cl)cc1)=N[C@@H](CC(=O)NCCCc1c[nH]cc1CCCN)c1nnc(C)n1-2. The van der Waals surface area contributed by atoms with E-state index < -0.39 is 6.04 Å². The highest BCUT2D eigenvalue weighted by molar-refractivity contribution is 7.15. The van der Waals surface area contributed by atoms with Gasteiger partial charge in [-0.05, 0) is 81.8 Å². The van der Waals surface area contributed by atoms with Gasteiger partial charge in [-0.1, -0.05) is 23.7 Å². The maximum absolute atomic E-state index is 13.2. The molecule has 1 aliphatic heterocycles. The molecular formula is C29H34ClN7OS. The Labute approximate surface area is 237 Å². The molecule has 5 rings (SSSR count). The molecule has 0 unspecified atom stereocenters. The van der Waals surface area contributed by atoms with Gasteiger partial charge in [0, 0.05) is 40.0 Å². The number of hydrogen-bond donors (Lipinski definition) is 3. The number of rotatable bonds is 10. The van der Waals surface area contributed by atoms with Crippen molar-refractivity contribution in [3.8, 4) is 5.00 Å². The van der Waals surface area contributed by atoms with Crippen LogP contribution in [0.5, 0.6) is 0 Å². The lowest BCUT2D eigenvalue weighted by Crippen LogP contribution is -2.26. The van der Waals surface area contributed by atoms with E-state index >= 15 is 0 Å². The third kappa shape index (κ3) is 5.71. The number of halogens is 1. The van der Waals surface area contributed by atoms with Gasteiger partial charge in [0.2, 0.25) is 5.91 Å². The number of aryl methyl sites for hydroxylation is 4. The zero-order chi connectivity index (χ0) is 27.5. The van der Waals surface area contributed by atoms with Gasteiger partial charge in [-0.2, -0.15) is 0 Å². The number of amides is 1. The fourth-order valence-corrected chi connectivity index (χ4v) is 6.41. The zero-order valence-corrected chi connectivity index (χ0v) is 24.1. The van der Waals surface area contributed by atoms with Gasteiger partial charge in [0.1, 0.15) is 16.9 Å². The summed E-state index contributed by atoms with van der Waals surface area (Å²) in [6.45, 7) is 7.46. The van der Waals surface area contributed by atoms with Crippen molar-refractivity contribution in [2.45, 2.75) is 58.9 Å². The van der Waals surface area contributed by atoms with Crippen molar-refractivity contribution >= 4 is 34.6 Å². The lowest BCUT2D eigenvalue weighted by molar-refractivity contribution is -0.121. The standard InChI is InChI=1S/C29H34ClN7OS/c1-17-18(2)39-29-26(17)27(20-8-10-23(30)11-9-20)34-24(28-36-35-19(3)37(28)29)14-25(38)33-13-5-7-22-16-32-15-21(22)6-4-12-31/h8-11,15-16,24,32H,4-7,12-14,31H2,1-3H3,(H,33,38)/t24-/m0/s1. The molecule has 0 saturated carbocycles. The summed E-state index contributed by atoms with van der Waals surface area (Å²) in [5.74, 6) is 1.41. The lowest BCUT2D eigenvalue weighted by atomic mass is 9.99. The van der Waals surface area contributed by atoms with Gasteiger partial charge in [-0.3, -0.25) is 14.4 Å². The van der Waals surface area contributed by atoms with E-state index in [1.807, 2.05) is 43.6 Å². The van der Waals surface area contributed by atoms with Crippen LogP contribution in [0.25, 0.3) is 5.00 Å². The smallest absolute Gasteiger partial charge is 0.222 e. The molecule has 8 nitrogen and oxygen atoms in total. The molecule has 1 aliphatic rings. The minimum atomic E-state index is -0.469. The molecule has 10 heteroatoms. The number of thiophene rings is 1. The van der Waals surface area contributed by atoms with Gasteiger partial charge in [-0.15, -0.1) is 21.5 Å². The first-order valence-electron chi connectivity index (χ1n) is 13.3. The number of aromatic nitrogens is 4. The van der Waals surface area contributed by atoms with Gasteiger partial charge >= 0.3 is 0 Å². The number of aromatic amines is 1. The fraction of sp³-hybridized carbons (Fsp3) is 0.379. The molecule has 4 aromatic rings. The molecule has 4 heterocycles. The minimum Gasteiger partial charge on any atom is -0.367 e. The summed E-state index contributed by atoms with van der Waals surface area (Å²) in [4.78, 5) is 22.7. The van der Waals surface area contributed by atoms with E-state index in [0.717, 1.165) is 53.3 Å². The number of nitrogens with zero attached hydrogens (tertiary/aromatic N) is 4. The molecule has 1 atom stereocenters. The van der Waals surface area contributed by atoms with Crippen LogP contribution in [0, 0.1) is 20.8 Å². The maximum Gasteiger partial charge on any atom is 0.222 e. The molecule has 0 saturated heterocycles. The second-order valence-electron chi connectivity index (χ2n) is 9.96. The summed E-state index contributed by atoms with van der Waals surface area (Å²) < 4.78 is 2.07. The Morgan fingerprint density at radius 3 is 2.54 bits per heavy atom. The van der Waals surface area contributed by atoms with E-state index in [4.69, 9.17) is 22.3 Å². The highest BCUT2D eigenvalue weighted by Gasteiger charge is 2.32. The van der Waals surface area contributed by atoms with Crippen molar-refractivity contribution in [1.29, 1.82) is 0 Å². The van der Waals surface area contributed by atoms with Crippen LogP contribution in [-0.4, -0.2) is 44.5 Å². The summed E-state index contributed by atoms with van der Waals surface area (Å²) in [6, 6.07) is 7.24. The van der Waals surface area contributed by atoms with Crippen LogP contribution in [0.2, 0.25) is 5.02 Å². The highest BCUT2D eigenvalue weighted by atomic mass is 35.5. The predicted molar refractivity (Wildman–Crippen MR) is 157 cm³/mol. The Kier molecular flexibility index (Phi) is 8.30. The Hall–Kier alpha value is -3.27. The molecule has 4 N–H and O–H groups in total. The lowest BCUT2D eigenvalue weighted by Gasteiger charge is -2.13. The summed E-state index contributed by atoms with van der Waals surface area (Å²) in [5.41, 5.74) is 12.3. The molecule has 0 spiro atoms. The van der Waals surface area contributed by atoms with Crippen molar-refractivity contribution in [2.75, 3.05) is 13.1 Å². The second kappa shape index (κ2) is 11.9. The highest BCUT2D eigenvalue weighted by Crippen LogP contribution is 2.39. The van der Waals surface area contributed by atoms with Gasteiger partial charge in [-0.25, -0.2) is 0 Å². The molecule has 0 aliphatic carbocycles. The normalized spacial score (nSPS) is 14.5. The number of nitrogens with one attached hydrogen (secondary N) is 2. The average molecular weight is 564 g/mol. The van der Waals surface area contributed by atoms with Crippen LogP contribution < -0.4 is 11.1 Å². The van der Waals surface area contributed by atoms with Crippen molar-refractivity contribution in [2.24, 2.45) is 10.7 Å². The summed E-state index contributed by atoms with van der Waals surface area (Å²) in [7, 11) is 0. The summed E-state index contributed by atoms with van der Waals surface area (Å²) >= 11 is 7.90. The molecule has 1 aromatic carbocycles. The average Bonchev–Trinajstić information content (AvgIpc) is 3.59. The molecule has 0 radical (unpaired) electrons. The second-order valence-corrected chi connectivity index (χ2v) is 11.6. The largest absolute Gasteiger partial charge is 0.367 e. The van der Waals surface area contributed by atoms with Crippen LogP contribution in [0.1, 0.15) is 69.6 Å². The van der Waals surface area contributed by atoms with Gasteiger partial charge in [0.05, 0.1) is 12.1 Å². The third-order valence-corrected chi connectivity index (χ3v) is 8.70. The predicted octanol–water partition coefficient (Wildman–Crippen LogP) is 5.16. The molecule has 3 aromatic heterocycles. The minimum absolute atomic E-state index is 0.0537. The first kappa shape index (κ1) is 27.3. The van der Waals surface area contributed by atoms with Gasteiger partial charge in [0.15, 0.2) is 5.82 Å². The van der Waals surface area contributed by atoms with E-state index in [0.29, 0.717) is 23.9 Å². The quantitative estimate of drug-likeness (QED) is 0.231. The zero-order valence-electron chi connectivity index (χ0n) is 22.6. The van der Waals surface area contributed by atoms with Crippen LogP contribution >= 0.6 is 22.9 Å². The topological polar surface area (TPSA) is 114 Å². The van der Waals surface area contributed by atoms with E-state index in [1.165, 1.54) is 21.6 Å². The van der Waals surface area contributed by atoms with E-state index in [-0.39, 0.29) is 12.3 Å². The molecule has 1 amide bonds. The van der Waals surface area contributed by atoms with Crippen molar-refractivity contribution in [3.63, 3.8) is 0 Å². The fourth-order valence-electron chi connectivity index (χ4n) is 5.07. The Morgan fingerprint density at radius 2 is 1.82 bits per heavy atom. The Balaban J connectivity index is 1.36. The number of nitrogens with two attached hydrogens (primary N) is 1. The number of benzene rings is 1. The maximum atomic E-state index is 13.2. The van der Waals surface area contributed by atoms with E-state index in [2.05, 4.69) is 38.9 Å².